The summed E-state index contributed by atoms with van der Waals surface area (Å²) >= 11 is 3.53. The van der Waals surface area contributed by atoms with Crippen LogP contribution in [0.4, 0.5) is 0 Å². The lowest BCUT2D eigenvalue weighted by Gasteiger charge is -2.03. The summed E-state index contributed by atoms with van der Waals surface area (Å²) in [7, 11) is 0. The Morgan fingerprint density at radius 3 is 3.19 bits per heavy atom. The number of aromatic nitrogens is 2. The van der Waals surface area contributed by atoms with Gasteiger partial charge in [0.15, 0.2) is 0 Å². The first-order valence-corrected chi connectivity index (χ1v) is 6.45. The molecule has 0 aliphatic carbocycles. The maximum absolute atomic E-state index is 4.64. The Morgan fingerprint density at radius 1 is 1.50 bits per heavy atom. The van der Waals surface area contributed by atoms with Gasteiger partial charge in [-0.1, -0.05) is 6.07 Å². The molecule has 1 unspecified atom stereocenters. The van der Waals surface area contributed by atoms with Gasteiger partial charge >= 0.3 is 0 Å². The number of rotatable bonds is 2. The second kappa shape index (κ2) is 4.18. The molecule has 2 aromatic rings. The molecule has 0 radical (unpaired) electrons. The number of nitrogens with zero attached hydrogens (tertiary/aromatic N) is 2. The van der Waals surface area contributed by atoms with E-state index in [-0.39, 0.29) is 0 Å². The van der Waals surface area contributed by atoms with Crippen LogP contribution in [0.1, 0.15) is 12.1 Å². The molecule has 1 atom stereocenters. The third kappa shape index (κ3) is 1.87. The van der Waals surface area contributed by atoms with Crippen molar-refractivity contribution >= 4 is 21.6 Å². The molecule has 2 aromatic heterocycles. The van der Waals surface area contributed by atoms with Gasteiger partial charge < -0.3 is 5.32 Å². The van der Waals surface area contributed by atoms with Gasteiger partial charge in [0, 0.05) is 6.20 Å². The summed E-state index contributed by atoms with van der Waals surface area (Å²) in [5, 5.41) is 3.39. The zero-order chi connectivity index (χ0) is 11.0. The van der Waals surface area contributed by atoms with Crippen molar-refractivity contribution in [2.45, 2.75) is 12.8 Å². The van der Waals surface area contributed by atoms with Gasteiger partial charge in [0.25, 0.3) is 0 Å². The van der Waals surface area contributed by atoms with E-state index >= 15 is 0 Å². The van der Waals surface area contributed by atoms with Gasteiger partial charge in [0.2, 0.25) is 0 Å². The molecule has 3 rings (SSSR count). The van der Waals surface area contributed by atoms with Crippen molar-refractivity contribution in [2.24, 2.45) is 5.92 Å². The van der Waals surface area contributed by atoms with Gasteiger partial charge in [-0.15, -0.1) is 0 Å². The topological polar surface area (TPSA) is 29.3 Å². The van der Waals surface area contributed by atoms with E-state index < -0.39 is 0 Å². The lowest BCUT2D eigenvalue weighted by Crippen LogP contribution is -2.10. The van der Waals surface area contributed by atoms with Gasteiger partial charge in [-0.3, -0.25) is 4.40 Å². The first kappa shape index (κ1) is 10.3. The summed E-state index contributed by atoms with van der Waals surface area (Å²) in [6.45, 7) is 2.29. The SMILES string of the molecule is Brc1cccc2nc(CC3CCNC3)cn12. The quantitative estimate of drug-likeness (QED) is 0.855. The molecule has 84 valence electrons. The van der Waals surface area contributed by atoms with Crippen molar-refractivity contribution in [3.05, 3.63) is 34.7 Å². The Kier molecular flexibility index (Phi) is 2.69. The van der Waals surface area contributed by atoms with Crippen LogP contribution in [0.3, 0.4) is 0 Å². The molecular formula is C12H14BrN3. The zero-order valence-corrected chi connectivity index (χ0v) is 10.6. The van der Waals surface area contributed by atoms with E-state index in [0.29, 0.717) is 0 Å². The Labute approximate surface area is 103 Å². The van der Waals surface area contributed by atoms with E-state index in [0.717, 1.165) is 35.7 Å². The van der Waals surface area contributed by atoms with Gasteiger partial charge in [-0.05, 0) is 59.9 Å². The summed E-state index contributed by atoms with van der Waals surface area (Å²) in [6, 6.07) is 6.10. The number of halogens is 1. The van der Waals surface area contributed by atoms with Gasteiger partial charge in [0.05, 0.1) is 10.3 Å². The van der Waals surface area contributed by atoms with Crippen LogP contribution in [-0.2, 0) is 6.42 Å². The zero-order valence-electron chi connectivity index (χ0n) is 8.99. The molecule has 1 aliphatic heterocycles. The van der Waals surface area contributed by atoms with E-state index in [1.54, 1.807) is 0 Å². The molecule has 0 aromatic carbocycles. The molecule has 1 saturated heterocycles. The van der Waals surface area contributed by atoms with Crippen LogP contribution in [0, 0.1) is 5.92 Å². The van der Waals surface area contributed by atoms with Crippen LogP contribution in [0.5, 0.6) is 0 Å². The minimum Gasteiger partial charge on any atom is -0.316 e. The lowest BCUT2D eigenvalue weighted by atomic mass is 10.0. The molecule has 3 nitrogen and oxygen atoms in total. The normalized spacial score (nSPS) is 20.7. The molecule has 16 heavy (non-hydrogen) atoms. The number of hydrogen-bond acceptors (Lipinski definition) is 2. The van der Waals surface area contributed by atoms with Crippen molar-refractivity contribution in [1.82, 2.24) is 14.7 Å². The highest BCUT2D eigenvalue weighted by atomic mass is 79.9. The van der Waals surface area contributed by atoms with Crippen LogP contribution in [0.25, 0.3) is 5.65 Å². The predicted octanol–water partition coefficient (Wildman–Crippen LogP) is 2.25. The third-order valence-electron chi connectivity index (χ3n) is 3.15. The van der Waals surface area contributed by atoms with Crippen molar-refractivity contribution in [2.75, 3.05) is 13.1 Å². The molecule has 1 N–H and O–H groups in total. The maximum atomic E-state index is 4.64. The fourth-order valence-electron chi connectivity index (χ4n) is 2.31. The van der Waals surface area contributed by atoms with Crippen LogP contribution in [-0.4, -0.2) is 22.5 Å². The number of fused-ring (bicyclic) bond motifs is 1. The second-order valence-electron chi connectivity index (χ2n) is 4.37. The second-order valence-corrected chi connectivity index (χ2v) is 5.18. The summed E-state index contributed by atoms with van der Waals surface area (Å²) in [4.78, 5) is 4.64. The number of nitrogens with one attached hydrogen (secondary N) is 1. The summed E-state index contributed by atoms with van der Waals surface area (Å²) < 4.78 is 3.16. The minimum absolute atomic E-state index is 0.753. The lowest BCUT2D eigenvalue weighted by molar-refractivity contribution is 0.573. The van der Waals surface area contributed by atoms with E-state index in [2.05, 4.69) is 36.8 Å². The Bertz CT molecular complexity index is 500. The molecule has 0 bridgehead atoms. The first-order chi connectivity index (χ1) is 7.83. The molecule has 0 spiro atoms. The number of hydrogen-bond donors (Lipinski definition) is 1. The van der Waals surface area contributed by atoms with Crippen molar-refractivity contribution < 1.29 is 0 Å². The van der Waals surface area contributed by atoms with Gasteiger partial charge in [0.1, 0.15) is 5.65 Å². The van der Waals surface area contributed by atoms with Crippen molar-refractivity contribution in [3.63, 3.8) is 0 Å². The molecule has 4 heteroatoms. The van der Waals surface area contributed by atoms with Crippen LogP contribution in [0.15, 0.2) is 29.0 Å². The molecule has 0 amide bonds. The Hall–Kier alpha value is -0.870. The molecule has 1 aliphatic rings. The summed E-state index contributed by atoms with van der Waals surface area (Å²) in [5.74, 6) is 0.753. The smallest absolute Gasteiger partial charge is 0.137 e. The summed E-state index contributed by atoms with van der Waals surface area (Å²) in [5.41, 5.74) is 2.22. The summed E-state index contributed by atoms with van der Waals surface area (Å²) in [6.07, 6.45) is 4.49. The molecular weight excluding hydrogens is 266 g/mol. The van der Waals surface area contributed by atoms with E-state index in [1.165, 1.54) is 12.1 Å². The van der Waals surface area contributed by atoms with Gasteiger partial charge in [-0.2, -0.15) is 0 Å². The standard InChI is InChI=1S/C12H14BrN3/c13-11-2-1-3-12-15-10(8-16(11)12)6-9-4-5-14-7-9/h1-3,8-9,14H,4-7H2. The monoisotopic (exact) mass is 279 g/mol. The van der Waals surface area contributed by atoms with Crippen LogP contribution < -0.4 is 5.32 Å². The van der Waals surface area contributed by atoms with Gasteiger partial charge in [-0.25, -0.2) is 4.98 Å². The first-order valence-electron chi connectivity index (χ1n) is 5.66. The molecule has 0 saturated carbocycles. The maximum Gasteiger partial charge on any atom is 0.137 e. The van der Waals surface area contributed by atoms with Crippen LogP contribution in [0.2, 0.25) is 0 Å². The van der Waals surface area contributed by atoms with Crippen LogP contribution >= 0.6 is 15.9 Å². The third-order valence-corrected chi connectivity index (χ3v) is 3.80. The van der Waals surface area contributed by atoms with Crippen molar-refractivity contribution in [3.8, 4) is 0 Å². The fraction of sp³-hybridized carbons (Fsp3) is 0.417. The highest BCUT2D eigenvalue weighted by molar-refractivity contribution is 9.10. The number of imidazole rings is 1. The number of pyridine rings is 1. The predicted molar refractivity (Wildman–Crippen MR) is 67.6 cm³/mol. The highest BCUT2D eigenvalue weighted by Gasteiger charge is 2.16. The Balaban J connectivity index is 1.90. The highest BCUT2D eigenvalue weighted by Crippen LogP contribution is 2.18. The fourth-order valence-corrected chi connectivity index (χ4v) is 2.75. The largest absolute Gasteiger partial charge is 0.316 e. The minimum atomic E-state index is 0.753. The molecule has 1 fully saturated rings. The van der Waals surface area contributed by atoms with E-state index in [4.69, 9.17) is 0 Å². The van der Waals surface area contributed by atoms with E-state index in [9.17, 15) is 0 Å². The van der Waals surface area contributed by atoms with Crippen molar-refractivity contribution in [1.29, 1.82) is 0 Å². The average Bonchev–Trinajstić information content (AvgIpc) is 2.88. The Morgan fingerprint density at radius 2 is 2.44 bits per heavy atom. The van der Waals surface area contributed by atoms with E-state index in [1.807, 2.05) is 18.2 Å². The average molecular weight is 280 g/mol. The molecule has 3 heterocycles.